The van der Waals surface area contributed by atoms with E-state index in [1.807, 2.05) is 123 Å². The van der Waals surface area contributed by atoms with E-state index in [1.165, 1.54) is 15.3 Å². The minimum atomic E-state index is -0.0956. The molecule has 0 spiro atoms. The number of allylic oxidation sites excluding steroid dienone is 1. The molecule has 7 aromatic rings. The number of aromatic nitrogens is 6. The highest BCUT2D eigenvalue weighted by atomic mass is 35.5. The van der Waals surface area contributed by atoms with Crippen molar-refractivity contribution < 1.29 is 0 Å². The van der Waals surface area contributed by atoms with Gasteiger partial charge in [-0.1, -0.05) is 75.3 Å². The number of hydrazine groups is 1. The zero-order chi connectivity index (χ0) is 46.2. The lowest BCUT2D eigenvalue weighted by Gasteiger charge is -2.26. The smallest absolute Gasteiger partial charge is 0.266 e. The minimum Gasteiger partial charge on any atom is -0.301 e. The average Bonchev–Trinajstić information content (AvgIpc) is 4.02. The van der Waals surface area contributed by atoms with Crippen LogP contribution in [0.3, 0.4) is 0 Å². The second kappa shape index (κ2) is 29.4. The second-order valence-electron chi connectivity index (χ2n) is 13.8. The van der Waals surface area contributed by atoms with Crippen molar-refractivity contribution in [1.82, 2.24) is 39.8 Å². The van der Waals surface area contributed by atoms with E-state index in [2.05, 4.69) is 38.1 Å². The fourth-order valence-corrected chi connectivity index (χ4v) is 9.33. The van der Waals surface area contributed by atoms with Crippen LogP contribution < -0.4 is 16.7 Å². The summed E-state index contributed by atoms with van der Waals surface area (Å²) >= 11 is 30.0. The monoisotopic (exact) mass is 1060 g/mol. The van der Waals surface area contributed by atoms with Crippen LogP contribution in [0.4, 0.5) is 0 Å². The fourth-order valence-electron chi connectivity index (χ4n) is 5.39. The number of H-pyrrole nitrogens is 4. The maximum atomic E-state index is 11.2. The summed E-state index contributed by atoms with van der Waals surface area (Å²) in [5.41, 5.74) is 4.91. The largest absolute Gasteiger partial charge is 0.301 e. The SMILES string of the molecule is C.C.C.C=C1C=C(CSc2ccc(Cl)cc2)N(C)N1C.Cn1[nH]c(=O)cc1CSc1ccc(Cl)cc1.Cn1[nH]c(CSc2ccc(Cl)cc2)cc1=O.O=c1cc(CSc2ccc(Cl)cc2)[nH][nH]1. The highest BCUT2D eigenvalue weighted by Gasteiger charge is 2.18. The molecule has 0 bridgehead atoms. The van der Waals surface area contributed by atoms with Gasteiger partial charge in [0.1, 0.15) is 0 Å². The predicted octanol–water partition coefficient (Wildman–Crippen LogP) is 13.5. The van der Waals surface area contributed by atoms with Crippen LogP contribution in [-0.4, -0.2) is 59.6 Å². The number of thioether (sulfide) groups is 4. The third-order valence-electron chi connectivity index (χ3n) is 9.03. The van der Waals surface area contributed by atoms with Crippen LogP contribution in [0.1, 0.15) is 39.4 Å². The molecule has 19 heteroatoms. The lowest BCUT2D eigenvalue weighted by molar-refractivity contribution is 0.135. The Bertz CT molecular complexity index is 2760. The average molecular weight is 1070 g/mol. The molecule has 0 unspecified atom stereocenters. The van der Waals surface area contributed by atoms with Gasteiger partial charge in [-0.3, -0.25) is 49.1 Å². The third-order valence-corrected chi connectivity index (χ3v) is 14.2. The fraction of sp³-hybridized carbons (Fsp3) is 0.229. The van der Waals surface area contributed by atoms with Gasteiger partial charge in [0.2, 0.25) is 0 Å². The topological polar surface area (TPSA) is 131 Å². The molecule has 4 heterocycles. The Hall–Kier alpha value is -4.45. The summed E-state index contributed by atoms with van der Waals surface area (Å²) in [5, 5.41) is 18.1. The predicted molar refractivity (Wildman–Crippen MR) is 292 cm³/mol. The molecule has 0 saturated carbocycles. The zero-order valence-electron chi connectivity index (χ0n) is 35.2. The van der Waals surface area contributed by atoms with Gasteiger partial charge < -0.3 is 5.10 Å². The number of hydrogen-bond acceptors (Lipinski definition) is 9. The Morgan fingerprint density at radius 1 is 0.478 bits per heavy atom. The first-order valence-corrected chi connectivity index (χ1v) is 24.7. The van der Waals surface area contributed by atoms with Gasteiger partial charge in [0.05, 0.1) is 11.4 Å². The first kappa shape index (κ1) is 58.7. The first-order valence-electron chi connectivity index (χ1n) is 19.3. The van der Waals surface area contributed by atoms with Crippen LogP contribution in [0.2, 0.25) is 20.1 Å². The maximum Gasteiger partial charge on any atom is 0.266 e. The Morgan fingerprint density at radius 2 is 0.896 bits per heavy atom. The summed E-state index contributed by atoms with van der Waals surface area (Å²) in [6.45, 7) is 3.98. The van der Waals surface area contributed by atoms with Crippen LogP contribution in [0.15, 0.2) is 173 Å². The van der Waals surface area contributed by atoms with Crippen molar-refractivity contribution in [2.75, 3.05) is 19.8 Å². The van der Waals surface area contributed by atoms with E-state index in [9.17, 15) is 14.4 Å². The van der Waals surface area contributed by atoms with Crippen LogP contribution in [0.25, 0.3) is 0 Å². The Labute approximate surface area is 430 Å². The Kier molecular flexibility index (Phi) is 25.8. The van der Waals surface area contributed by atoms with E-state index in [1.54, 1.807) is 77.0 Å². The molecule has 0 saturated heterocycles. The number of halogens is 4. The van der Waals surface area contributed by atoms with Crippen LogP contribution >= 0.6 is 93.5 Å². The van der Waals surface area contributed by atoms with E-state index in [4.69, 9.17) is 46.4 Å². The zero-order valence-corrected chi connectivity index (χ0v) is 41.5. The molecule has 1 aliphatic rings. The molecule has 0 fully saturated rings. The van der Waals surface area contributed by atoms with Crippen molar-refractivity contribution >= 4 is 93.5 Å². The third kappa shape index (κ3) is 20.0. The van der Waals surface area contributed by atoms with Crippen LogP contribution in [0.5, 0.6) is 0 Å². The number of hydrogen-bond donors (Lipinski definition) is 4. The van der Waals surface area contributed by atoms with Gasteiger partial charge in [-0.2, -0.15) is 0 Å². The Morgan fingerprint density at radius 3 is 1.24 bits per heavy atom. The molecule has 4 aromatic carbocycles. The van der Waals surface area contributed by atoms with Crippen molar-refractivity contribution in [3.8, 4) is 0 Å². The molecule has 11 nitrogen and oxygen atoms in total. The van der Waals surface area contributed by atoms with Crippen molar-refractivity contribution in [3.05, 3.63) is 208 Å². The lowest BCUT2D eigenvalue weighted by Crippen LogP contribution is -2.29. The maximum absolute atomic E-state index is 11.2. The van der Waals surface area contributed by atoms with Crippen LogP contribution in [-0.2, 0) is 31.4 Å². The highest BCUT2D eigenvalue weighted by molar-refractivity contribution is 7.99. The number of nitrogens with one attached hydrogen (secondary N) is 4. The summed E-state index contributed by atoms with van der Waals surface area (Å²) in [6.07, 6.45) is 2.11. The van der Waals surface area contributed by atoms with E-state index in [-0.39, 0.29) is 39.0 Å². The minimum absolute atomic E-state index is 0. The molecular formula is C48H58Cl4N8O3S4. The van der Waals surface area contributed by atoms with Gasteiger partial charge in [-0.15, -0.1) is 47.0 Å². The molecule has 0 atom stereocenters. The molecule has 0 radical (unpaired) electrons. The number of nitrogens with zero attached hydrogens (tertiary/aromatic N) is 4. The van der Waals surface area contributed by atoms with Crippen LogP contribution in [0, 0.1) is 0 Å². The number of rotatable bonds is 12. The Balaban J connectivity index is 0.000000302. The number of aromatic amines is 4. The second-order valence-corrected chi connectivity index (χ2v) is 19.7. The number of aryl methyl sites for hydroxylation is 2. The molecule has 0 aliphatic carbocycles. The summed E-state index contributed by atoms with van der Waals surface area (Å²) in [5.74, 6) is 3.18. The van der Waals surface area contributed by atoms with Crippen molar-refractivity contribution in [2.24, 2.45) is 14.1 Å². The molecule has 360 valence electrons. The molecule has 4 N–H and O–H groups in total. The van der Waals surface area contributed by atoms with E-state index < -0.39 is 0 Å². The van der Waals surface area contributed by atoms with Crippen molar-refractivity contribution in [3.63, 3.8) is 0 Å². The molecular weight excluding hydrogens is 1010 g/mol. The quantitative estimate of drug-likeness (QED) is 0.0884. The molecule has 0 amide bonds. The normalized spacial score (nSPS) is 11.3. The lowest BCUT2D eigenvalue weighted by atomic mass is 10.4. The number of likely N-dealkylation sites (N-methyl/N-ethyl adjacent to an activating group) is 1. The van der Waals surface area contributed by atoms with Gasteiger partial charge in [0.15, 0.2) is 0 Å². The molecule has 67 heavy (non-hydrogen) atoms. The molecule has 8 rings (SSSR count). The van der Waals surface area contributed by atoms with E-state index in [0.717, 1.165) is 80.6 Å². The summed E-state index contributed by atoms with van der Waals surface area (Å²) in [6, 6.07) is 35.6. The van der Waals surface area contributed by atoms with Gasteiger partial charge in [0, 0.05) is 126 Å². The van der Waals surface area contributed by atoms with Crippen molar-refractivity contribution in [2.45, 2.75) is 59.1 Å². The first-order chi connectivity index (χ1) is 30.6. The van der Waals surface area contributed by atoms with E-state index >= 15 is 0 Å². The highest BCUT2D eigenvalue weighted by Crippen LogP contribution is 2.29. The molecule has 3 aromatic heterocycles. The number of benzene rings is 4. The summed E-state index contributed by atoms with van der Waals surface area (Å²) in [7, 11) is 7.60. The van der Waals surface area contributed by atoms with Gasteiger partial charge in [-0.25, -0.2) is 0 Å². The van der Waals surface area contributed by atoms with Gasteiger partial charge in [-0.05, 0) is 103 Å². The standard InChI is InChI=1S/C13H15ClN2S.2C11H11ClN2OS.C10H9ClN2OS.3CH4/c1-10-8-12(16(3)15(10)2)9-17-13-6-4-11(14)5-7-13;1-14-9(6-11(15)13-14)7-16-10-4-2-8(12)3-5-10;1-14-11(15)6-9(13-14)7-16-10-4-2-8(12)3-5-10;11-7-1-3-9(4-2-7)15-6-8-5-10(14)13-12-8;;;/h4-8H,1,9H2,2-3H3;2-6H,7H2,1H3,(H,13,15);2-6,13H,7H2,1H3;1-5H,6H2,(H2,12,13,14);3*1H4. The van der Waals surface area contributed by atoms with Gasteiger partial charge >= 0.3 is 0 Å². The van der Waals surface area contributed by atoms with Gasteiger partial charge in [0.25, 0.3) is 16.7 Å². The van der Waals surface area contributed by atoms with E-state index in [0.29, 0.717) is 0 Å². The van der Waals surface area contributed by atoms with Crippen molar-refractivity contribution in [1.29, 1.82) is 0 Å². The molecule has 1 aliphatic heterocycles. The summed E-state index contributed by atoms with van der Waals surface area (Å²) < 4.78 is 3.21. The summed E-state index contributed by atoms with van der Waals surface area (Å²) in [4.78, 5) is 37.7.